The van der Waals surface area contributed by atoms with Gasteiger partial charge in [-0.3, -0.25) is 4.79 Å². The molecule has 0 saturated heterocycles. The van der Waals surface area contributed by atoms with E-state index in [4.69, 9.17) is 17.3 Å². The Morgan fingerprint density at radius 3 is 2.86 bits per heavy atom. The highest BCUT2D eigenvalue weighted by atomic mass is 35.5. The predicted octanol–water partition coefficient (Wildman–Crippen LogP) is 3.43. The number of rotatable bonds is 6. The van der Waals surface area contributed by atoms with Crippen molar-refractivity contribution in [2.24, 2.45) is 0 Å². The van der Waals surface area contributed by atoms with E-state index in [0.717, 1.165) is 41.3 Å². The SMILES string of the molecule is Nc1nc2ccccc2c2c1ncn2CCCCNC(=O)c1cccnc1Cl. The number of nitrogens with one attached hydrogen (secondary N) is 1. The van der Waals surface area contributed by atoms with Gasteiger partial charge in [0.15, 0.2) is 5.82 Å². The number of nitrogen functional groups attached to an aromatic ring is 1. The molecular weight excluding hydrogens is 376 g/mol. The van der Waals surface area contributed by atoms with E-state index in [0.29, 0.717) is 17.9 Å². The number of amides is 1. The molecule has 0 bridgehead atoms. The molecule has 142 valence electrons. The molecule has 3 N–H and O–H groups in total. The Bertz CT molecular complexity index is 1160. The number of benzene rings is 1. The van der Waals surface area contributed by atoms with Crippen molar-refractivity contribution >= 4 is 45.3 Å². The normalized spacial score (nSPS) is 11.2. The molecule has 8 heteroatoms. The maximum Gasteiger partial charge on any atom is 0.254 e. The fraction of sp³-hybridized carbons (Fsp3) is 0.200. The number of hydrogen-bond acceptors (Lipinski definition) is 5. The van der Waals surface area contributed by atoms with Gasteiger partial charge in [-0.05, 0) is 31.0 Å². The Hall–Kier alpha value is -3.19. The third kappa shape index (κ3) is 3.48. The summed E-state index contributed by atoms with van der Waals surface area (Å²) in [7, 11) is 0. The van der Waals surface area contributed by atoms with Gasteiger partial charge in [0.05, 0.1) is 22.9 Å². The topological polar surface area (TPSA) is 98.7 Å². The molecule has 4 rings (SSSR count). The summed E-state index contributed by atoms with van der Waals surface area (Å²) >= 11 is 5.95. The number of anilines is 1. The monoisotopic (exact) mass is 394 g/mol. The average Bonchev–Trinajstić information content (AvgIpc) is 3.13. The molecule has 0 unspecified atom stereocenters. The summed E-state index contributed by atoms with van der Waals surface area (Å²) in [6.45, 7) is 1.33. The number of imidazole rings is 1. The molecule has 28 heavy (non-hydrogen) atoms. The molecule has 0 fully saturated rings. The second kappa shape index (κ2) is 7.82. The fourth-order valence-electron chi connectivity index (χ4n) is 3.24. The van der Waals surface area contributed by atoms with Crippen molar-refractivity contribution in [3.63, 3.8) is 0 Å². The van der Waals surface area contributed by atoms with Crippen molar-refractivity contribution in [2.45, 2.75) is 19.4 Å². The number of nitrogens with zero attached hydrogens (tertiary/aromatic N) is 4. The molecule has 1 aromatic carbocycles. The van der Waals surface area contributed by atoms with Gasteiger partial charge < -0.3 is 15.6 Å². The standard InChI is InChI=1S/C20H19ClN6O/c21-18-14(7-5-10-23-18)20(28)24-9-3-4-11-27-12-25-16-17(27)13-6-1-2-8-15(13)26-19(16)22/h1-2,5-8,10,12H,3-4,9,11H2,(H2,22,26)(H,24,28). The number of fused-ring (bicyclic) bond motifs is 3. The number of nitrogens with two attached hydrogens (primary N) is 1. The third-order valence-electron chi connectivity index (χ3n) is 4.60. The molecular formula is C20H19ClN6O. The fourth-order valence-corrected chi connectivity index (χ4v) is 3.44. The Morgan fingerprint density at radius 1 is 1.14 bits per heavy atom. The lowest BCUT2D eigenvalue weighted by Crippen LogP contribution is -2.25. The van der Waals surface area contributed by atoms with Gasteiger partial charge in [-0.25, -0.2) is 15.0 Å². The van der Waals surface area contributed by atoms with Crippen molar-refractivity contribution in [3.05, 3.63) is 59.6 Å². The van der Waals surface area contributed by atoms with Gasteiger partial charge >= 0.3 is 0 Å². The minimum Gasteiger partial charge on any atom is -0.382 e. The summed E-state index contributed by atoms with van der Waals surface area (Å²) in [5.41, 5.74) is 9.02. The minimum absolute atomic E-state index is 0.211. The van der Waals surface area contributed by atoms with Gasteiger partial charge in [-0.1, -0.05) is 29.8 Å². The number of carbonyl (C=O) groups is 1. The summed E-state index contributed by atoms with van der Waals surface area (Å²) in [4.78, 5) is 24.9. The van der Waals surface area contributed by atoms with E-state index in [-0.39, 0.29) is 11.1 Å². The molecule has 0 radical (unpaired) electrons. The van der Waals surface area contributed by atoms with Crippen molar-refractivity contribution in [2.75, 3.05) is 12.3 Å². The first-order valence-electron chi connectivity index (χ1n) is 9.03. The van der Waals surface area contributed by atoms with Crippen LogP contribution in [0.2, 0.25) is 5.15 Å². The van der Waals surface area contributed by atoms with Crippen LogP contribution in [-0.2, 0) is 6.54 Å². The summed E-state index contributed by atoms with van der Waals surface area (Å²) in [5.74, 6) is 0.226. The zero-order valence-corrected chi connectivity index (χ0v) is 15.9. The Labute approximate surface area is 166 Å². The van der Waals surface area contributed by atoms with Crippen LogP contribution in [0.5, 0.6) is 0 Å². The molecule has 0 saturated carbocycles. The zero-order valence-electron chi connectivity index (χ0n) is 15.1. The second-order valence-electron chi connectivity index (χ2n) is 6.45. The molecule has 4 aromatic rings. The molecule has 3 aromatic heterocycles. The van der Waals surface area contributed by atoms with Gasteiger partial charge in [0.1, 0.15) is 10.7 Å². The highest BCUT2D eigenvalue weighted by Crippen LogP contribution is 2.27. The van der Waals surface area contributed by atoms with Crippen molar-refractivity contribution in [1.29, 1.82) is 0 Å². The predicted molar refractivity (Wildman–Crippen MR) is 110 cm³/mol. The van der Waals surface area contributed by atoms with Gasteiger partial charge in [0.2, 0.25) is 0 Å². The van der Waals surface area contributed by atoms with Crippen molar-refractivity contribution in [1.82, 2.24) is 24.8 Å². The molecule has 0 aliphatic carbocycles. The van der Waals surface area contributed by atoms with E-state index < -0.39 is 0 Å². The first-order chi connectivity index (χ1) is 13.6. The molecule has 0 spiro atoms. The van der Waals surface area contributed by atoms with Gasteiger partial charge in [-0.2, -0.15) is 0 Å². The largest absolute Gasteiger partial charge is 0.382 e. The molecule has 3 heterocycles. The number of para-hydroxylation sites is 1. The van der Waals surface area contributed by atoms with Crippen LogP contribution in [0.1, 0.15) is 23.2 Å². The molecule has 0 atom stereocenters. The number of pyridine rings is 2. The first kappa shape index (κ1) is 18.2. The van der Waals surface area contributed by atoms with Crippen molar-refractivity contribution in [3.8, 4) is 0 Å². The molecule has 0 aliphatic rings. The van der Waals surface area contributed by atoms with E-state index in [1.54, 1.807) is 24.7 Å². The third-order valence-corrected chi connectivity index (χ3v) is 4.90. The maximum atomic E-state index is 12.1. The van der Waals surface area contributed by atoms with Crippen LogP contribution in [0.15, 0.2) is 48.9 Å². The molecule has 0 aliphatic heterocycles. The summed E-state index contributed by atoms with van der Waals surface area (Å²) in [6, 6.07) is 11.2. The second-order valence-corrected chi connectivity index (χ2v) is 6.81. The van der Waals surface area contributed by atoms with Crippen molar-refractivity contribution < 1.29 is 4.79 Å². The van der Waals surface area contributed by atoms with E-state index in [9.17, 15) is 4.79 Å². The number of aromatic nitrogens is 4. The first-order valence-corrected chi connectivity index (χ1v) is 9.40. The quantitative estimate of drug-likeness (QED) is 0.385. The highest BCUT2D eigenvalue weighted by molar-refractivity contribution is 6.32. The van der Waals surface area contributed by atoms with Crippen LogP contribution in [-0.4, -0.2) is 32.0 Å². The average molecular weight is 395 g/mol. The Kier molecular flexibility index (Phi) is 5.08. The van der Waals surface area contributed by atoms with E-state index in [1.165, 1.54) is 0 Å². The number of halogens is 1. The smallest absolute Gasteiger partial charge is 0.254 e. The number of carbonyl (C=O) groups excluding carboxylic acids is 1. The summed E-state index contributed by atoms with van der Waals surface area (Å²) < 4.78 is 2.09. The minimum atomic E-state index is -0.212. The van der Waals surface area contributed by atoms with Crippen LogP contribution in [0.4, 0.5) is 5.82 Å². The van der Waals surface area contributed by atoms with E-state index >= 15 is 0 Å². The maximum absolute atomic E-state index is 12.1. The van der Waals surface area contributed by atoms with Gasteiger partial charge in [0, 0.05) is 24.7 Å². The van der Waals surface area contributed by atoms with Crippen LogP contribution in [0.3, 0.4) is 0 Å². The van der Waals surface area contributed by atoms with Gasteiger partial charge in [-0.15, -0.1) is 0 Å². The highest BCUT2D eigenvalue weighted by Gasteiger charge is 2.12. The van der Waals surface area contributed by atoms with Crippen LogP contribution in [0.25, 0.3) is 21.9 Å². The van der Waals surface area contributed by atoms with Crippen LogP contribution < -0.4 is 11.1 Å². The lowest BCUT2D eigenvalue weighted by molar-refractivity contribution is 0.0952. The number of hydrogen-bond donors (Lipinski definition) is 2. The van der Waals surface area contributed by atoms with Crippen LogP contribution in [0, 0.1) is 0 Å². The summed E-state index contributed by atoms with van der Waals surface area (Å²) in [5, 5.41) is 4.12. The van der Waals surface area contributed by atoms with E-state index in [1.807, 2.05) is 24.3 Å². The summed E-state index contributed by atoms with van der Waals surface area (Å²) in [6.07, 6.45) is 5.05. The van der Waals surface area contributed by atoms with E-state index in [2.05, 4.69) is 24.8 Å². The number of aryl methyl sites for hydroxylation is 1. The Balaban J connectivity index is 1.40. The lowest BCUT2D eigenvalue weighted by atomic mass is 10.2. The zero-order chi connectivity index (χ0) is 19.5. The molecule has 7 nitrogen and oxygen atoms in total. The van der Waals surface area contributed by atoms with Gasteiger partial charge in [0.25, 0.3) is 5.91 Å². The van der Waals surface area contributed by atoms with Crippen LogP contribution >= 0.6 is 11.6 Å². The lowest BCUT2D eigenvalue weighted by Gasteiger charge is -2.09. The Morgan fingerprint density at radius 2 is 2.00 bits per heavy atom. The number of unbranched alkanes of at least 4 members (excludes halogenated alkanes) is 1. The molecule has 1 amide bonds.